The summed E-state index contributed by atoms with van der Waals surface area (Å²) >= 11 is 1.89. The van der Waals surface area contributed by atoms with Crippen molar-refractivity contribution in [2.75, 3.05) is 0 Å². The maximum atomic E-state index is 2.46. The molecule has 0 saturated heterocycles. The van der Waals surface area contributed by atoms with Gasteiger partial charge in [0.25, 0.3) is 0 Å². The smallest absolute Gasteiger partial charge is 0.0547 e. The molecule has 3 aromatic heterocycles. The number of hydrogen-bond acceptors (Lipinski definition) is 1. The molecule has 0 fully saturated rings. The summed E-state index contributed by atoms with van der Waals surface area (Å²) in [5.74, 6) is 0. The van der Waals surface area contributed by atoms with E-state index in [1.165, 1.54) is 114 Å². The molecule has 0 aliphatic rings. The number of rotatable bonds is 5. The van der Waals surface area contributed by atoms with Crippen LogP contribution in [-0.4, -0.2) is 9.13 Å². The number of para-hydroxylation sites is 2. The van der Waals surface area contributed by atoms with Crippen molar-refractivity contribution in [2.24, 2.45) is 0 Å². The fourth-order valence-corrected chi connectivity index (χ4v) is 11.0. The second-order valence-electron chi connectivity index (χ2n) is 16.1. The summed E-state index contributed by atoms with van der Waals surface area (Å²) in [5.41, 5.74) is 14.5. The second kappa shape index (κ2) is 13.4. The summed E-state index contributed by atoms with van der Waals surface area (Å²) in [6.45, 7) is 0. The zero-order valence-corrected chi connectivity index (χ0v) is 33.9. The lowest BCUT2D eigenvalue weighted by Crippen LogP contribution is -1.94. The van der Waals surface area contributed by atoms with E-state index in [4.69, 9.17) is 0 Å². The zero-order chi connectivity index (χ0) is 40.0. The molecule has 0 aliphatic carbocycles. The van der Waals surface area contributed by atoms with E-state index in [9.17, 15) is 0 Å². The minimum absolute atomic E-state index is 1.16. The van der Waals surface area contributed by atoms with E-state index < -0.39 is 0 Å². The Kier molecular flexibility index (Phi) is 7.51. The second-order valence-corrected chi connectivity index (χ2v) is 17.2. The molecule has 2 nitrogen and oxygen atoms in total. The van der Waals surface area contributed by atoms with Gasteiger partial charge in [-0.15, -0.1) is 11.3 Å². The van der Waals surface area contributed by atoms with Crippen LogP contribution in [-0.2, 0) is 0 Å². The summed E-state index contributed by atoms with van der Waals surface area (Å²) in [5, 5.41) is 10.1. The highest BCUT2D eigenvalue weighted by atomic mass is 32.1. The normalized spacial score (nSPS) is 11.9. The van der Waals surface area contributed by atoms with E-state index in [0.717, 1.165) is 5.69 Å². The molecule has 0 amide bonds. The van der Waals surface area contributed by atoms with Gasteiger partial charge in [-0.05, 0) is 111 Å². The van der Waals surface area contributed by atoms with Crippen LogP contribution in [0.1, 0.15) is 0 Å². The van der Waals surface area contributed by atoms with Gasteiger partial charge in [0.15, 0.2) is 0 Å². The van der Waals surface area contributed by atoms with E-state index >= 15 is 0 Å². The Morgan fingerprint density at radius 3 is 1.62 bits per heavy atom. The van der Waals surface area contributed by atoms with Crippen LogP contribution >= 0.6 is 11.3 Å². The minimum Gasteiger partial charge on any atom is -0.309 e. The predicted molar refractivity (Wildman–Crippen MR) is 262 cm³/mol. The lowest BCUT2D eigenvalue weighted by molar-refractivity contribution is 1.18. The Hall–Kier alpha value is -7.72. The van der Waals surface area contributed by atoms with Crippen molar-refractivity contribution < 1.29 is 0 Å². The maximum Gasteiger partial charge on any atom is 0.0547 e. The predicted octanol–water partition coefficient (Wildman–Crippen LogP) is 16.4. The molecule has 0 unspecified atom stereocenters. The highest BCUT2D eigenvalue weighted by Crippen LogP contribution is 2.43. The van der Waals surface area contributed by atoms with E-state index in [1.54, 1.807) is 0 Å². The van der Waals surface area contributed by atoms with Crippen molar-refractivity contribution >= 4 is 85.9 Å². The molecule has 3 heterocycles. The SMILES string of the molecule is c1ccc(-n2c3ccccc3c3cc(-c4ccc(-c5ccc6c(c5)c5ccc(-c7cccc8c7sc7ccccc78)cc5n6-c5ccc6ccccc6c5)cc4)ccc32)cc1. The summed E-state index contributed by atoms with van der Waals surface area (Å²) in [6.07, 6.45) is 0. The quantitative estimate of drug-likeness (QED) is 0.164. The van der Waals surface area contributed by atoms with Gasteiger partial charge >= 0.3 is 0 Å². The van der Waals surface area contributed by atoms with E-state index in [0.29, 0.717) is 0 Å². The molecule has 0 atom stereocenters. The van der Waals surface area contributed by atoms with Crippen LogP contribution in [0.3, 0.4) is 0 Å². The van der Waals surface area contributed by atoms with Crippen LogP contribution in [0.4, 0.5) is 0 Å². The van der Waals surface area contributed by atoms with Gasteiger partial charge in [0, 0.05) is 53.1 Å². The topological polar surface area (TPSA) is 9.86 Å². The molecule has 61 heavy (non-hydrogen) atoms. The van der Waals surface area contributed by atoms with Crippen molar-refractivity contribution in [3.8, 4) is 44.8 Å². The Bertz CT molecular complexity index is 3860. The van der Waals surface area contributed by atoms with Gasteiger partial charge in [0.1, 0.15) is 0 Å². The number of fused-ring (bicyclic) bond motifs is 10. The Labute approximate surface area is 356 Å². The van der Waals surface area contributed by atoms with Gasteiger partial charge in [0.05, 0.1) is 22.1 Å². The molecule has 0 saturated carbocycles. The molecule has 0 N–H and O–H groups in total. The van der Waals surface area contributed by atoms with E-state index in [2.05, 4.69) is 228 Å². The summed E-state index contributed by atoms with van der Waals surface area (Å²) in [6, 6.07) is 80.5. The van der Waals surface area contributed by atoms with Crippen LogP contribution in [0.15, 0.2) is 218 Å². The lowest BCUT2D eigenvalue weighted by atomic mass is 9.97. The highest BCUT2D eigenvalue weighted by molar-refractivity contribution is 7.26. The van der Waals surface area contributed by atoms with Crippen LogP contribution in [0.5, 0.6) is 0 Å². The fourth-order valence-electron chi connectivity index (χ4n) is 9.80. The summed E-state index contributed by atoms with van der Waals surface area (Å²) < 4.78 is 7.49. The van der Waals surface area contributed by atoms with E-state index in [-0.39, 0.29) is 0 Å². The fraction of sp³-hybridized carbons (Fsp3) is 0. The molecular formula is C58H36N2S. The standard InChI is InChI=1S/C58H36N2S/c1-2-13-44(14-3-1)59-53-19-8-6-15-47(53)51-34-41(27-31-54(51)59)38-21-23-39(24-22-38)42-28-32-55-52(35-42)48-30-26-43(46-17-10-18-50-49-16-7-9-20-57(49)61-58(46)50)36-56(48)60(55)45-29-25-37-11-4-5-12-40(37)33-45/h1-36H. The largest absolute Gasteiger partial charge is 0.309 e. The molecule has 0 spiro atoms. The molecule has 10 aromatic carbocycles. The van der Waals surface area contributed by atoms with Crippen LogP contribution in [0.25, 0.3) is 119 Å². The molecule has 13 aromatic rings. The third-order valence-corrected chi connectivity index (χ3v) is 13.9. The lowest BCUT2D eigenvalue weighted by Gasteiger charge is -2.11. The number of aromatic nitrogens is 2. The van der Waals surface area contributed by atoms with E-state index in [1.807, 2.05) is 11.3 Å². The number of nitrogens with zero attached hydrogens (tertiary/aromatic N) is 2. The third-order valence-electron chi connectivity index (χ3n) is 12.7. The Morgan fingerprint density at radius 2 is 0.852 bits per heavy atom. The molecule has 0 aliphatic heterocycles. The van der Waals surface area contributed by atoms with Gasteiger partial charge < -0.3 is 9.13 Å². The first-order chi connectivity index (χ1) is 30.2. The van der Waals surface area contributed by atoms with Gasteiger partial charge in [-0.2, -0.15) is 0 Å². The first kappa shape index (κ1) is 34.2. The van der Waals surface area contributed by atoms with Crippen molar-refractivity contribution in [1.82, 2.24) is 9.13 Å². The molecule has 0 bridgehead atoms. The van der Waals surface area contributed by atoms with Gasteiger partial charge in [0.2, 0.25) is 0 Å². The average molecular weight is 793 g/mol. The average Bonchev–Trinajstić information content (AvgIpc) is 3.99. The van der Waals surface area contributed by atoms with Crippen molar-refractivity contribution in [3.05, 3.63) is 218 Å². The number of benzene rings is 10. The monoisotopic (exact) mass is 792 g/mol. The zero-order valence-electron chi connectivity index (χ0n) is 33.1. The van der Waals surface area contributed by atoms with Gasteiger partial charge in [-0.1, -0.05) is 152 Å². The van der Waals surface area contributed by atoms with Crippen molar-refractivity contribution in [2.45, 2.75) is 0 Å². The third kappa shape index (κ3) is 5.34. The molecule has 0 radical (unpaired) electrons. The Morgan fingerprint density at radius 1 is 0.279 bits per heavy atom. The van der Waals surface area contributed by atoms with Crippen molar-refractivity contribution in [1.29, 1.82) is 0 Å². The van der Waals surface area contributed by atoms with Gasteiger partial charge in [-0.25, -0.2) is 0 Å². The number of hydrogen-bond donors (Lipinski definition) is 0. The number of thiophene rings is 1. The minimum atomic E-state index is 1.16. The molecule has 13 rings (SSSR count). The highest BCUT2D eigenvalue weighted by Gasteiger charge is 2.18. The molecule has 284 valence electrons. The van der Waals surface area contributed by atoms with Gasteiger partial charge in [-0.3, -0.25) is 0 Å². The van der Waals surface area contributed by atoms with Crippen molar-refractivity contribution in [3.63, 3.8) is 0 Å². The van der Waals surface area contributed by atoms with Crippen LogP contribution in [0.2, 0.25) is 0 Å². The van der Waals surface area contributed by atoms with Crippen LogP contribution < -0.4 is 0 Å². The maximum absolute atomic E-state index is 2.46. The van der Waals surface area contributed by atoms with Crippen LogP contribution in [0, 0.1) is 0 Å². The summed E-state index contributed by atoms with van der Waals surface area (Å²) in [7, 11) is 0. The molecule has 3 heteroatoms. The Balaban J connectivity index is 0.935. The first-order valence-corrected chi connectivity index (χ1v) is 21.7. The summed E-state index contributed by atoms with van der Waals surface area (Å²) in [4.78, 5) is 0. The molecular weight excluding hydrogens is 757 g/mol. The first-order valence-electron chi connectivity index (χ1n) is 20.9.